The molecule has 0 aromatic carbocycles. The summed E-state index contributed by atoms with van der Waals surface area (Å²) in [6.45, 7) is 1.85. The van der Waals surface area contributed by atoms with Crippen molar-refractivity contribution >= 4 is 5.84 Å². The zero-order chi connectivity index (χ0) is 8.43. The lowest BCUT2D eigenvalue weighted by atomic mass is 10.3. The summed E-state index contributed by atoms with van der Waals surface area (Å²) in [6.07, 6.45) is 0. The zero-order valence-corrected chi connectivity index (χ0v) is 6.55. The van der Waals surface area contributed by atoms with Gasteiger partial charge < -0.3 is 17.0 Å². The maximum atomic E-state index is 5.61. The first-order valence-corrected chi connectivity index (χ1v) is 3.16. The second kappa shape index (κ2) is 2.67. The van der Waals surface area contributed by atoms with Crippen molar-refractivity contribution in [1.29, 1.82) is 0 Å². The summed E-state index contributed by atoms with van der Waals surface area (Å²) in [4.78, 5) is 0. The first kappa shape index (κ1) is 7.67. The Morgan fingerprint density at radius 3 is 2.64 bits per heavy atom. The Morgan fingerprint density at radius 2 is 2.09 bits per heavy atom. The van der Waals surface area contributed by atoms with Crippen molar-refractivity contribution in [2.24, 2.45) is 16.7 Å². The van der Waals surface area contributed by atoms with Gasteiger partial charge in [0.15, 0.2) is 5.84 Å². The monoisotopic (exact) mass is 156 g/mol. The van der Waals surface area contributed by atoms with E-state index in [1.54, 1.807) is 12.2 Å². The molecular weight excluding hydrogens is 144 g/mol. The highest BCUT2D eigenvalue weighted by atomic mass is 15.7. The average Bonchev–Trinajstić information content (AvgIpc) is 1.96. The van der Waals surface area contributed by atoms with Gasteiger partial charge in [0.1, 0.15) is 0 Å². The molecule has 1 rings (SSSR count). The molecule has 6 nitrogen and oxygen atoms in total. The van der Waals surface area contributed by atoms with Gasteiger partial charge in [0.25, 0.3) is 0 Å². The minimum absolute atomic E-state index is 0.476. The van der Waals surface area contributed by atoms with Gasteiger partial charge in [-0.05, 0) is 6.92 Å². The molecule has 6 N–H and O–H groups in total. The van der Waals surface area contributed by atoms with Crippen LogP contribution in [0.4, 0.5) is 0 Å². The van der Waals surface area contributed by atoms with Crippen molar-refractivity contribution < 1.29 is 0 Å². The Labute approximate surface area is 64.8 Å². The van der Waals surface area contributed by atoms with Crippen molar-refractivity contribution in [3.05, 3.63) is 11.4 Å². The molecule has 0 atom stereocenters. The van der Waals surface area contributed by atoms with E-state index in [-0.39, 0.29) is 0 Å². The van der Waals surface area contributed by atoms with Crippen LogP contribution >= 0.6 is 0 Å². The molecular formula is C5H12N6. The molecule has 0 aromatic rings. The van der Waals surface area contributed by atoms with Gasteiger partial charge in [-0.3, -0.25) is 5.43 Å². The predicted octanol–water partition coefficient (Wildman–Crippen LogP) is -1.60. The van der Waals surface area contributed by atoms with E-state index in [4.69, 9.17) is 11.6 Å². The fourth-order valence-corrected chi connectivity index (χ4v) is 0.835. The number of rotatable bonds is 0. The predicted molar refractivity (Wildman–Crippen MR) is 42.5 cm³/mol. The summed E-state index contributed by atoms with van der Waals surface area (Å²) in [5.41, 5.74) is 12.7. The van der Waals surface area contributed by atoms with Crippen molar-refractivity contribution in [1.82, 2.24) is 16.0 Å². The maximum Gasteiger partial charge on any atom is 0.186 e. The first-order valence-electron chi connectivity index (χ1n) is 3.16. The van der Waals surface area contributed by atoms with E-state index in [1.165, 1.54) is 0 Å². The highest BCUT2D eigenvalue weighted by Crippen LogP contribution is 1.99. The minimum Gasteiger partial charge on any atom is -0.394 e. The topological polar surface area (TPSA) is 91.7 Å². The molecule has 1 aliphatic heterocycles. The number of nitrogens with two attached hydrogens (primary N) is 2. The molecule has 0 unspecified atom stereocenters. The summed E-state index contributed by atoms with van der Waals surface area (Å²) >= 11 is 0. The summed E-state index contributed by atoms with van der Waals surface area (Å²) in [5.74, 6) is 5.55. The summed E-state index contributed by atoms with van der Waals surface area (Å²) in [5, 5.41) is 5.09. The van der Waals surface area contributed by atoms with Crippen LogP contribution in [0.3, 0.4) is 0 Å². The lowest BCUT2D eigenvalue weighted by molar-refractivity contribution is 0.215. The molecule has 0 amide bonds. The van der Waals surface area contributed by atoms with Crippen LogP contribution in [0.25, 0.3) is 0 Å². The van der Waals surface area contributed by atoms with Crippen LogP contribution in [-0.2, 0) is 0 Å². The van der Waals surface area contributed by atoms with Gasteiger partial charge in [-0.1, -0.05) is 0 Å². The third-order valence-corrected chi connectivity index (χ3v) is 1.40. The Balaban J connectivity index is 2.92. The molecule has 0 aromatic heterocycles. The molecule has 0 saturated heterocycles. The van der Waals surface area contributed by atoms with Crippen LogP contribution in [0, 0.1) is 0 Å². The number of hydrogen-bond acceptors (Lipinski definition) is 5. The highest BCUT2D eigenvalue weighted by molar-refractivity contribution is 5.97. The Hall–Kier alpha value is -1.43. The Morgan fingerprint density at radius 1 is 1.45 bits per heavy atom. The van der Waals surface area contributed by atoms with Gasteiger partial charge in [0.05, 0.1) is 11.4 Å². The second-order valence-electron chi connectivity index (χ2n) is 2.30. The first-order chi connectivity index (χ1) is 5.15. The lowest BCUT2D eigenvalue weighted by Crippen LogP contribution is -2.54. The van der Waals surface area contributed by atoms with Crippen molar-refractivity contribution in [2.45, 2.75) is 6.92 Å². The third kappa shape index (κ3) is 1.35. The summed E-state index contributed by atoms with van der Waals surface area (Å²) in [6, 6.07) is 0. The summed E-state index contributed by atoms with van der Waals surface area (Å²) < 4.78 is 0. The fourth-order valence-electron chi connectivity index (χ4n) is 0.835. The molecule has 1 aliphatic rings. The summed E-state index contributed by atoms with van der Waals surface area (Å²) in [7, 11) is 1.79. The largest absolute Gasteiger partial charge is 0.394 e. The maximum absolute atomic E-state index is 5.61. The minimum atomic E-state index is 0.476. The van der Waals surface area contributed by atoms with Gasteiger partial charge in [-0.15, -0.1) is 5.12 Å². The molecule has 0 radical (unpaired) electrons. The smallest absolute Gasteiger partial charge is 0.186 e. The molecule has 0 aliphatic carbocycles. The molecule has 0 saturated carbocycles. The molecule has 62 valence electrons. The number of allylic oxidation sites excluding steroid dienone is 1. The third-order valence-electron chi connectivity index (χ3n) is 1.40. The second-order valence-corrected chi connectivity index (χ2v) is 2.30. The van der Waals surface area contributed by atoms with E-state index >= 15 is 0 Å². The van der Waals surface area contributed by atoms with E-state index in [0.29, 0.717) is 11.5 Å². The zero-order valence-electron chi connectivity index (χ0n) is 6.55. The van der Waals surface area contributed by atoms with E-state index in [1.807, 2.05) is 6.92 Å². The molecule has 1 heterocycles. The number of amidine groups is 1. The number of nitrogens with zero attached hydrogens (tertiary/aromatic N) is 2. The number of hydrazine groups is 2. The van der Waals surface area contributed by atoms with Gasteiger partial charge >= 0.3 is 0 Å². The molecule has 0 fully saturated rings. The van der Waals surface area contributed by atoms with Crippen LogP contribution in [0.5, 0.6) is 0 Å². The molecule has 6 heteroatoms. The molecule has 11 heavy (non-hydrogen) atoms. The lowest BCUT2D eigenvalue weighted by Gasteiger charge is -2.28. The number of nitrogens with one attached hydrogen (secondary N) is 2. The Bertz CT molecular complexity index is 217. The average molecular weight is 156 g/mol. The molecule has 0 bridgehead atoms. The van der Waals surface area contributed by atoms with Gasteiger partial charge in [0, 0.05) is 7.05 Å². The van der Waals surface area contributed by atoms with E-state index in [2.05, 4.69) is 16.0 Å². The van der Waals surface area contributed by atoms with Crippen LogP contribution in [-0.4, -0.2) is 18.0 Å². The fraction of sp³-hybridized carbons (Fsp3) is 0.400. The Kier molecular flexibility index (Phi) is 1.86. The van der Waals surface area contributed by atoms with Crippen molar-refractivity contribution in [3.8, 4) is 0 Å². The van der Waals surface area contributed by atoms with Crippen molar-refractivity contribution in [2.75, 3.05) is 7.05 Å². The van der Waals surface area contributed by atoms with Crippen LogP contribution in [0.2, 0.25) is 0 Å². The number of hydrazone groups is 1. The molecule has 0 spiro atoms. The van der Waals surface area contributed by atoms with Gasteiger partial charge in [-0.2, -0.15) is 5.10 Å². The number of hydrogen-bond donors (Lipinski definition) is 4. The SMILES string of the molecule is CC1=C(N)C(=NN)NN(C)N1. The van der Waals surface area contributed by atoms with Crippen LogP contribution in [0.1, 0.15) is 6.92 Å². The van der Waals surface area contributed by atoms with Crippen LogP contribution in [0.15, 0.2) is 16.5 Å². The van der Waals surface area contributed by atoms with Gasteiger partial charge in [0.2, 0.25) is 0 Å². The normalized spacial score (nSPS) is 23.3. The highest BCUT2D eigenvalue weighted by Gasteiger charge is 2.14. The van der Waals surface area contributed by atoms with Crippen molar-refractivity contribution in [3.63, 3.8) is 0 Å². The van der Waals surface area contributed by atoms with Crippen LogP contribution < -0.4 is 22.4 Å². The van der Waals surface area contributed by atoms with E-state index in [0.717, 1.165) is 5.70 Å². The van der Waals surface area contributed by atoms with E-state index in [9.17, 15) is 0 Å². The standard InChI is InChI=1S/C5H12N6/c1-3-4(6)5(8-7)10-11(2)9-3/h9H,6-7H2,1-2H3,(H,8,10). The quantitative estimate of drug-likeness (QED) is 0.250. The van der Waals surface area contributed by atoms with E-state index < -0.39 is 0 Å². The van der Waals surface area contributed by atoms with Gasteiger partial charge in [-0.25, -0.2) is 0 Å².